The van der Waals surface area contributed by atoms with Crippen LogP contribution in [0.2, 0.25) is 0 Å². The van der Waals surface area contributed by atoms with E-state index >= 15 is 0 Å². The van der Waals surface area contributed by atoms with E-state index in [2.05, 4.69) is 22.0 Å². The van der Waals surface area contributed by atoms with E-state index in [-0.39, 0.29) is 10.6 Å². The Bertz CT molecular complexity index is 1500. The number of nitrogens with zero attached hydrogens (tertiary/aromatic N) is 5. The molecule has 0 unspecified atom stereocenters. The Morgan fingerprint density at radius 3 is 2.00 bits per heavy atom. The van der Waals surface area contributed by atoms with E-state index in [4.69, 9.17) is 4.98 Å². The van der Waals surface area contributed by atoms with Crippen LogP contribution in [0.3, 0.4) is 0 Å². The lowest BCUT2D eigenvalue weighted by atomic mass is 10.2. The normalized spacial score (nSPS) is 15.1. The molecule has 176 valence electrons. The minimum absolute atomic E-state index is 0.0867. The first-order chi connectivity index (χ1) is 17.0. The molecule has 1 aliphatic rings. The van der Waals surface area contributed by atoms with Crippen molar-refractivity contribution in [1.29, 1.82) is 5.26 Å². The van der Waals surface area contributed by atoms with Gasteiger partial charge in [0.1, 0.15) is 11.5 Å². The zero-order chi connectivity index (χ0) is 24.4. The topological polar surface area (TPSA) is 90.2 Å². The Kier molecular flexibility index (Phi) is 6.05. The summed E-state index contributed by atoms with van der Waals surface area (Å²) in [5.74, 6) is -0.173. The molecular formula is C26H22FN5O2S. The van der Waals surface area contributed by atoms with Gasteiger partial charge < -0.3 is 9.80 Å². The highest BCUT2D eigenvalue weighted by atomic mass is 32.2. The Morgan fingerprint density at radius 1 is 0.800 bits per heavy atom. The Morgan fingerprint density at radius 2 is 1.37 bits per heavy atom. The van der Waals surface area contributed by atoms with Crippen LogP contribution in [0.1, 0.15) is 10.9 Å². The number of nitriles is 1. The maximum absolute atomic E-state index is 13.4. The van der Waals surface area contributed by atoms with Crippen LogP contribution in [0.15, 0.2) is 83.8 Å². The predicted octanol–water partition coefficient (Wildman–Crippen LogP) is 4.13. The van der Waals surface area contributed by atoms with Crippen LogP contribution >= 0.6 is 0 Å². The van der Waals surface area contributed by atoms with Crippen LogP contribution in [-0.4, -0.2) is 44.6 Å². The van der Waals surface area contributed by atoms with E-state index in [1.807, 2.05) is 41.3 Å². The number of piperazine rings is 1. The van der Waals surface area contributed by atoms with Crippen molar-refractivity contribution in [3.8, 4) is 6.07 Å². The van der Waals surface area contributed by atoms with E-state index in [1.165, 1.54) is 12.1 Å². The molecule has 0 bridgehead atoms. The number of fused-ring (bicyclic) bond motifs is 1. The molecule has 5 rings (SSSR count). The van der Waals surface area contributed by atoms with E-state index in [0.29, 0.717) is 43.0 Å². The third-order valence-electron chi connectivity index (χ3n) is 6.10. The maximum Gasteiger partial charge on any atom is 0.200 e. The lowest BCUT2D eigenvalue weighted by Crippen LogP contribution is -2.47. The van der Waals surface area contributed by atoms with E-state index in [0.717, 1.165) is 17.8 Å². The third-order valence-corrected chi connectivity index (χ3v) is 7.98. The molecular weight excluding hydrogens is 465 g/mol. The predicted molar refractivity (Wildman–Crippen MR) is 132 cm³/mol. The van der Waals surface area contributed by atoms with Gasteiger partial charge in [0.05, 0.1) is 22.0 Å². The lowest BCUT2D eigenvalue weighted by Gasteiger charge is -2.37. The smallest absolute Gasteiger partial charge is 0.200 e. The van der Waals surface area contributed by atoms with Crippen LogP contribution < -0.4 is 9.80 Å². The number of rotatable bonds is 5. The van der Waals surface area contributed by atoms with Crippen molar-refractivity contribution in [2.24, 2.45) is 0 Å². The molecule has 3 aromatic carbocycles. The summed E-state index contributed by atoms with van der Waals surface area (Å²) in [5.41, 5.74) is 2.32. The molecule has 1 atom stereocenters. The molecule has 1 saturated heterocycles. The molecule has 0 saturated carbocycles. The highest BCUT2D eigenvalue weighted by Crippen LogP contribution is 2.34. The summed E-state index contributed by atoms with van der Waals surface area (Å²) < 4.78 is 40.3. The fraction of sp³-hybridized carbons (Fsp3) is 0.192. The first-order valence-electron chi connectivity index (χ1n) is 11.2. The van der Waals surface area contributed by atoms with Crippen LogP contribution in [0.25, 0.3) is 11.0 Å². The summed E-state index contributed by atoms with van der Waals surface area (Å²) in [7, 11) is -4.17. The molecule has 9 heteroatoms. The van der Waals surface area contributed by atoms with Crippen LogP contribution in [0.4, 0.5) is 15.9 Å². The van der Waals surface area contributed by atoms with E-state index in [1.54, 1.807) is 12.1 Å². The van der Waals surface area contributed by atoms with Gasteiger partial charge in [0.15, 0.2) is 11.1 Å². The number of aromatic nitrogens is 2. The molecule has 2 heterocycles. The minimum Gasteiger partial charge on any atom is -0.368 e. The van der Waals surface area contributed by atoms with Gasteiger partial charge in [-0.3, -0.25) is 0 Å². The molecule has 0 N–H and O–H groups in total. The van der Waals surface area contributed by atoms with E-state index < -0.39 is 20.9 Å². The fourth-order valence-electron chi connectivity index (χ4n) is 4.27. The molecule has 4 aromatic rings. The zero-order valence-corrected chi connectivity index (χ0v) is 19.6. The summed E-state index contributed by atoms with van der Waals surface area (Å²) in [6, 6.07) is 23.6. The van der Waals surface area contributed by atoms with Crippen LogP contribution in [0.5, 0.6) is 0 Å². The summed E-state index contributed by atoms with van der Waals surface area (Å²) in [4.78, 5) is 13.5. The number of hydrogen-bond donors (Lipinski definition) is 0. The van der Waals surface area contributed by atoms with Crippen molar-refractivity contribution in [3.05, 3.63) is 90.4 Å². The second-order valence-electron chi connectivity index (χ2n) is 8.24. The van der Waals surface area contributed by atoms with Crippen molar-refractivity contribution in [2.75, 3.05) is 36.0 Å². The van der Waals surface area contributed by atoms with Crippen molar-refractivity contribution in [2.45, 2.75) is 10.1 Å². The lowest BCUT2D eigenvalue weighted by molar-refractivity contribution is 0.588. The van der Waals surface area contributed by atoms with Gasteiger partial charge in [0, 0.05) is 31.9 Å². The highest BCUT2D eigenvalue weighted by molar-refractivity contribution is 7.92. The fourth-order valence-corrected chi connectivity index (χ4v) is 5.64. The van der Waals surface area contributed by atoms with Gasteiger partial charge in [0.2, 0.25) is 9.84 Å². The van der Waals surface area contributed by atoms with Crippen molar-refractivity contribution in [3.63, 3.8) is 0 Å². The number of para-hydroxylation sites is 3. The van der Waals surface area contributed by atoms with E-state index in [9.17, 15) is 18.1 Å². The second-order valence-corrected chi connectivity index (χ2v) is 10.3. The van der Waals surface area contributed by atoms with Gasteiger partial charge in [-0.2, -0.15) is 5.26 Å². The molecule has 7 nitrogen and oxygen atoms in total. The molecule has 1 aliphatic heterocycles. The van der Waals surface area contributed by atoms with Gasteiger partial charge >= 0.3 is 0 Å². The average Bonchev–Trinajstić information content (AvgIpc) is 2.89. The monoisotopic (exact) mass is 487 g/mol. The largest absolute Gasteiger partial charge is 0.368 e. The van der Waals surface area contributed by atoms with Crippen LogP contribution in [-0.2, 0) is 9.84 Å². The first kappa shape index (κ1) is 22.7. The van der Waals surface area contributed by atoms with Crippen LogP contribution in [0, 0.1) is 17.1 Å². The molecule has 0 spiro atoms. The molecule has 1 aromatic heterocycles. The summed E-state index contributed by atoms with van der Waals surface area (Å²) in [6.07, 6.45) is 0. The Balaban J connectivity index is 1.55. The number of hydrogen-bond acceptors (Lipinski definition) is 7. The van der Waals surface area contributed by atoms with Gasteiger partial charge in [-0.15, -0.1) is 0 Å². The molecule has 35 heavy (non-hydrogen) atoms. The zero-order valence-electron chi connectivity index (χ0n) is 18.8. The number of anilines is 2. The second kappa shape index (κ2) is 9.31. The Labute approximate surface area is 203 Å². The average molecular weight is 488 g/mol. The minimum atomic E-state index is -4.17. The van der Waals surface area contributed by atoms with Crippen molar-refractivity contribution >= 4 is 32.4 Å². The quantitative estimate of drug-likeness (QED) is 0.391. The Hall–Kier alpha value is -4.03. The van der Waals surface area contributed by atoms with Gasteiger partial charge in [0.25, 0.3) is 0 Å². The standard InChI is InChI=1S/C26H22FN5O2S/c27-19-10-12-21(13-11-19)35(33,34)24(18-28)25-26(30-23-9-5-4-8-22(23)29-25)32-16-14-31(15-17-32)20-6-2-1-3-7-20/h1-13,24H,14-17H2/t24-/m1/s1. The van der Waals surface area contributed by atoms with Crippen molar-refractivity contribution in [1.82, 2.24) is 9.97 Å². The molecule has 0 aliphatic carbocycles. The molecule has 1 fully saturated rings. The van der Waals surface area contributed by atoms with Gasteiger partial charge in [-0.05, 0) is 48.5 Å². The van der Waals surface area contributed by atoms with Gasteiger partial charge in [-0.25, -0.2) is 22.8 Å². The maximum atomic E-state index is 13.4. The summed E-state index contributed by atoms with van der Waals surface area (Å²) in [6.45, 7) is 2.59. The summed E-state index contributed by atoms with van der Waals surface area (Å²) in [5, 5.41) is 8.43. The number of benzene rings is 3. The van der Waals surface area contributed by atoms with Gasteiger partial charge in [-0.1, -0.05) is 30.3 Å². The number of halogens is 1. The van der Waals surface area contributed by atoms with Crippen molar-refractivity contribution < 1.29 is 12.8 Å². The SMILES string of the molecule is N#C[C@H](c1nc2ccccc2nc1N1CCN(c2ccccc2)CC1)S(=O)(=O)c1ccc(F)cc1. The molecule has 0 radical (unpaired) electrons. The number of sulfone groups is 1. The summed E-state index contributed by atoms with van der Waals surface area (Å²) >= 11 is 0. The third kappa shape index (κ3) is 4.40. The molecule has 0 amide bonds. The first-order valence-corrected chi connectivity index (χ1v) is 12.7. The highest BCUT2D eigenvalue weighted by Gasteiger charge is 2.35.